The monoisotopic (exact) mass is 304 g/mol. The third kappa shape index (κ3) is 7.30. The van der Waals surface area contributed by atoms with Crippen LogP contribution in [-0.2, 0) is 9.53 Å². The molecule has 0 fully saturated rings. The fraction of sp³-hybridized carbons (Fsp3) is 0.526. The van der Waals surface area contributed by atoms with Crippen LogP contribution in [-0.4, -0.2) is 18.7 Å². The standard InChI is InChI=1S/C19H28O3/c1-4-6-7-10-15-21-18-12-9-8-11-17(18)13-14-19(20)22-16(3)5-2/h8-9,11-14,16H,4-7,10,15H2,1-3H3. The molecule has 0 N–H and O–H groups in total. The maximum absolute atomic E-state index is 11.7. The number of esters is 1. The van der Waals surface area contributed by atoms with E-state index in [4.69, 9.17) is 9.47 Å². The number of benzene rings is 1. The van der Waals surface area contributed by atoms with Crippen LogP contribution in [0.4, 0.5) is 0 Å². The van der Waals surface area contributed by atoms with Gasteiger partial charge in [0.15, 0.2) is 0 Å². The van der Waals surface area contributed by atoms with Gasteiger partial charge in [-0.2, -0.15) is 0 Å². The Morgan fingerprint density at radius 1 is 1.18 bits per heavy atom. The van der Waals surface area contributed by atoms with E-state index in [-0.39, 0.29) is 12.1 Å². The summed E-state index contributed by atoms with van der Waals surface area (Å²) in [7, 11) is 0. The number of rotatable bonds is 10. The first-order valence-electron chi connectivity index (χ1n) is 8.27. The summed E-state index contributed by atoms with van der Waals surface area (Å²) in [5, 5.41) is 0. The molecule has 122 valence electrons. The lowest BCUT2D eigenvalue weighted by atomic mass is 10.2. The van der Waals surface area contributed by atoms with Gasteiger partial charge in [0.2, 0.25) is 0 Å². The number of unbranched alkanes of at least 4 members (excludes halogenated alkanes) is 3. The molecular weight excluding hydrogens is 276 g/mol. The third-order valence-corrected chi connectivity index (χ3v) is 3.47. The van der Waals surface area contributed by atoms with Gasteiger partial charge in [-0.1, -0.05) is 51.3 Å². The van der Waals surface area contributed by atoms with Gasteiger partial charge in [-0.15, -0.1) is 0 Å². The Bertz CT molecular complexity index is 466. The number of hydrogen-bond acceptors (Lipinski definition) is 3. The number of carbonyl (C=O) groups excluding carboxylic acids is 1. The van der Waals surface area contributed by atoms with Crippen LogP contribution in [0.2, 0.25) is 0 Å². The molecule has 0 aliphatic carbocycles. The van der Waals surface area contributed by atoms with Gasteiger partial charge in [0.1, 0.15) is 5.75 Å². The molecule has 3 nitrogen and oxygen atoms in total. The number of hydrogen-bond donors (Lipinski definition) is 0. The highest BCUT2D eigenvalue weighted by Crippen LogP contribution is 2.20. The average Bonchev–Trinajstić information content (AvgIpc) is 2.53. The van der Waals surface area contributed by atoms with Crippen molar-refractivity contribution in [1.29, 1.82) is 0 Å². The Balaban J connectivity index is 2.54. The molecule has 22 heavy (non-hydrogen) atoms. The molecule has 0 aliphatic heterocycles. The highest BCUT2D eigenvalue weighted by molar-refractivity contribution is 5.87. The normalized spacial score (nSPS) is 12.3. The fourth-order valence-corrected chi connectivity index (χ4v) is 1.94. The Hall–Kier alpha value is -1.77. The van der Waals surface area contributed by atoms with Crippen LogP contribution in [0.1, 0.15) is 58.4 Å². The van der Waals surface area contributed by atoms with Crippen molar-refractivity contribution in [2.45, 2.75) is 59.0 Å². The summed E-state index contributed by atoms with van der Waals surface area (Å²) in [4.78, 5) is 11.7. The highest BCUT2D eigenvalue weighted by Gasteiger charge is 2.05. The SMILES string of the molecule is CCCCCCOc1ccccc1C=CC(=O)OC(C)CC. The van der Waals surface area contributed by atoms with E-state index in [1.54, 1.807) is 6.08 Å². The van der Waals surface area contributed by atoms with Gasteiger partial charge in [0, 0.05) is 11.6 Å². The molecule has 1 aromatic carbocycles. The van der Waals surface area contributed by atoms with Gasteiger partial charge in [0.05, 0.1) is 12.7 Å². The van der Waals surface area contributed by atoms with Crippen molar-refractivity contribution in [3.63, 3.8) is 0 Å². The molecule has 0 radical (unpaired) electrons. The van der Waals surface area contributed by atoms with Crippen molar-refractivity contribution in [2.75, 3.05) is 6.61 Å². The molecule has 0 aromatic heterocycles. The predicted octanol–water partition coefficient (Wildman–Crippen LogP) is 5.00. The zero-order chi connectivity index (χ0) is 16.2. The van der Waals surface area contributed by atoms with Crippen molar-refractivity contribution in [2.24, 2.45) is 0 Å². The molecule has 3 heteroatoms. The molecule has 0 bridgehead atoms. The van der Waals surface area contributed by atoms with Gasteiger partial charge in [-0.25, -0.2) is 4.79 Å². The van der Waals surface area contributed by atoms with E-state index in [2.05, 4.69) is 6.92 Å². The van der Waals surface area contributed by atoms with Gasteiger partial charge in [-0.3, -0.25) is 0 Å². The quantitative estimate of drug-likeness (QED) is 0.346. The summed E-state index contributed by atoms with van der Waals surface area (Å²) < 4.78 is 11.0. The Kier molecular flexibility index (Phi) is 9.04. The predicted molar refractivity (Wildman–Crippen MR) is 91.0 cm³/mol. The summed E-state index contributed by atoms with van der Waals surface area (Å²) in [6.45, 7) is 6.78. The molecule has 0 aliphatic rings. The minimum atomic E-state index is -0.313. The summed E-state index contributed by atoms with van der Waals surface area (Å²) in [6.07, 6.45) is 8.69. The molecule has 0 saturated heterocycles. The Labute approximate surface area is 134 Å². The molecule has 0 saturated carbocycles. The maximum Gasteiger partial charge on any atom is 0.331 e. The highest BCUT2D eigenvalue weighted by atomic mass is 16.5. The third-order valence-electron chi connectivity index (χ3n) is 3.47. The minimum Gasteiger partial charge on any atom is -0.493 e. The van der Waals surface area contributed by atoms with Crippen LogP contribution in [0, 0.1) is 0 Å². The van der Waals surface area contributed by atoms with Crippen LogP contribution in [0.5, 0.6) is 5.75 Å². The van der Waals surface area contributed by atoms with E-state index in [9.17, 15) is 4.79 Å². The van der Waals surface area contributed by atoms with Crippen molar-refractivity contribution in [1.82, 2.24) is 0 Å². The van der Waals surface area contributed by atoms with Gasteiger partial charge in [0.25, 0.3) is 0 Å². The number of carbonyl (C=O) groups is 1. The van der Waals surface area contributed by atoms with Gasteiger partial charge in [-0.05, 0) is 31.9 Å². The first kappa shape index (κ1) is 18.3. The lowest BCUT2D eigenvalue weighted by Crippen LogP contribution is -2.11. The maximum atomic E-state index is 11.7. The fourth-order valence-electron chi connectivity index (χ4n) is 1.94. The summed E-state index contributed by atoms with van der Waals surface area (Å²) in [5.74, 6) is 0.499. The topological polar surface area (TPSA) is 35.5 Å². The molecule has 0 heterocycles. The van der Waals surface area contributed by atoms with E-state index in [1.165, 1.54) is 25.3 Å². The van der Waals surface area contributed by atoms with Gasteiger partial charge < -0.3 is 9.47 Å². The van der Waals surface area contributed by atoms with E-state index >= 15 is 0 Å². The second-order valence-electron chi connectivity index (χ2n) is 5.44. The second kappa shape index (κ2) is 10.9. The van der Waals surface area contributed by atoms with E-state index in [0.717, 1.165) is 24.2 Å². The van der Waals surface area contributed by atoms with Crippen molar-refractivity contribution < 1.29 is 14.3 Å². The Morgan fingerprint density at radius 3 is 2.68 bits per heavy atom. The Morgan fingerprint density at radius 2 is 1.95 bits per heavy atom. The zero-order valence-corrected chi connectivity index (χ0v) is 14.0. The van der Waals surface area contributed by atoms with Crippen LogP contribution in [0.25, 0.3) is 6.08 Å². The molecule has 1 unspecified atom stereocenters. The van der Waals surface area contributed by atoms with Crippen LogP contribution in [0.15, 0.2) is 30.3 Å². The van der Waals surface area contributed by atoms with Crippen molar-refractivity contribution in [3.05, 3.63) is 35.9 Å². The average molecular weight is 304 g/mol. The molecule has 1 rings (SSSR count). The largest absolute Gasteiger partial charge is 0.493 e. The van der Waals surface area contributed by atoms with Crippen molar-refractivity contribution in [3.8, 4) is 5.75 Å². The first-order valence-corrected chi connectivity index (χ1v) is 8.27. The van der Waals surface area contributed by atoms with Crippen LogP contribution in [0.3, 0.4) is 0 Å². The molecule has 0 amide bonds. The van der Waals surface area contributed by atoms with E-state index in [1.807, 2.05) is 38.1 Å². The summed E-state index contributed by atoms with van der Waals surface area (Å²) in [5.41, 5.74) is 0.902. The zero-order valence-electron chi connectivity index (χ0n) is 14.0. The smallest absolute Gasteiger partial charge is 0.331 e. The van der Waals surface area contributed by atoms with E-state index < -0.39 is 0 Å². The van der Waals surface area contributed by atoms with Crippen molar-refractivity contribution >= 4 is 12.0 Å². The number of ether oxygens (including phenoxy) is 2. The van der Waals surface area contributed by atoms with Gasteiger partial charge >= 0.3 is 5.97 Å². The molecule has 1 aromatic rings. The second-order valence-corrected chi connectivity index (χ2v) is 5.44. The number of para-hydroxylation sites is 1. The van der Waals surface area contributed by atoms with Crippen LogP contribution >= 0.6 is 0 Å². The lowest BCUT2D eigenvalue weighted by molar-refractivity contribution is -0.142. The molecule has 0 spiro atoms. The first-order chi connectivity index (χ1) is 10.7. The lowest BCUT2D eigenvalue weighted by Gasteiger charge is -2.10. The van der Waals surface area contributed by atoms with Crippen LogP contribution < -0.4 is 4.74 Å². The minimum absolute atomic E-state index is 0.0535. The molecule has 1 atom stereocenters. The van der Waals surface area contributed by atoms with E-state index in [0.29, 0.717) is 6.61 Å². The molecular formula is C19H28O3. The summed E-state index contributed by atoms with van der Waals surface area (Å²) in [6, 6.07) is 7.74. The summed E-state index contributed by atoms with van der Waals surface area (Å²) >= 11 is 0.